The van der Waals surface area contributed by atoms with Gasteiger partial charge in [-0.15, -0.1) is 0 Å². The highest BCUT2D eigenvalue weighted by Crippen LogP contribution is 2.20. The predicted octanol–water partition coefficient (Wildman–Crippen LogP) is 9.23. The average molecular weight is 370 g/mol. The standard InChI is InChI=1S/C27H45/c1-4-5-6-7-8-9-10-11-12-13-14-15-16-17-18-19-22-26-23-20-21-24-27(26)25(2)3/h11-12,20-21,23-24H,4-10,13-19,22H2,1-3H3/b12-11-. The maximum atomic E-state index is 2.42. The topological polar surface area (TPSA) is 0 Å². The molecule has 1 rings (SSSR count). The van der Waals surface area contributed by atoms with Gasteiger partial charge in [0.15, 0.2) is 0 Å². The molecule has 0 aliphatic heterocycles. The molecule has 1 radical (unpaired) electrons. The molecule has 0 unspecified atom stereocenters. The highest BCUT2D eigenvalue weighted by atomic mass is 14.1. The van der Waals surface area contributed by atoms with Gasteiger partial charge >= 0.3 is 0 Å². The summed E-state index contributed by atoms with van der Waals surface area (Å²) in [4.78, 5) is 0. The highest BCUT2D eigenvalue weighted by Gasteiger charge is 2.05. The van der Waals surface area contributed by atoms with Gasteiger partial charge in [-0.3, -0.25) is 0 Å². The molecule has 0 fully saturated rings. The van der Waals surface area contributed by atoms with Gasteiger partial charge in [-0.25, -0.2) is 0 Å². The van der Waals surface area contributed by atoms with Crippen LogP contribution in [-0.2, 0) is 6.42 Å². The molecule has 1 aromatic carbocycles. The van der Waals surface area contributed by atoms with Gasteiger partial charge in [-0.05, 0) is 55.6 Å². The number of benzene rings is 1. The monoisotopic (exact) mass is 369 g/mol. The third-order valence-electron chi connectivity index (χ3n) is 5.51. The first-order chi connectivity index (χ1) is 13.3. The fourth-order valence-corrected chi connectivity index (χ4v) is 3.79. The number of rotatable bonds is 17. The van der Waals surface area contributed by atoms with E-state index in [-0.39, 0.29) is 0 Å². The summed E-state index contributed by atoms with van der Waals surface area (Å²) in [7, 11) is 0. The second-order valence-electron chi connectivity index (χ2n) is 8.34. The van der Waals surface area contributed by atoms with E-state index in [2.05, 4.69) is 57.2 Å². The minimum Gasteiger partial charge on any atom is -0.0885 e. The summed E-state index contributed by atoms with van der Waals surface area (Å²) < 4.78 is 0. The van der Waals surface area contributed by atoms with Crippen LogP contribution in [0, 0.1) is 5.92 Å². The lowest BCUT2D eigenvalue weighted by Gasteiger charge is -2.11. The van der Waals surface area contributed by atoms with Crippen molar-refractivity contribution in [2.75, 3.05) is 0 Å². The first-order valence-electron chi connectivity index (χ1n) is 11.8. The number of unbranched alkanes of at least 4 members (excludes halogenated alkanes) is 12. The predicted molar refractivity (Wildman–Crippen MR) is 123 cm³/mol. The van der Waals surface area contributed by atoms with Crippen LogP contribution in [0.15, 0.2) is 36.4 Å². The van der Waals surface area contributed by atoms with Crippen LogP contribution in [-0.4, -0.2) is 0 Å². The Hall–Kier alpha value is -1.04. The second kappa shape index (κ2) is 17.1. The summed E-state index contributed by atoms with van der Waals surface area (Å²) in [5, 5.41) is 0. The molecule has 153 valence electrons. The Bertz CT molecular complexity index is 469. The minimum atomic E-state index is 1.24. The summed E-state index contributed by atoms with van der Waals surface area (Å²) in [5.41, 5.74) is 3.00. The van der Waals surface area contributed by atoms with Crippen molar-refractivity contribution in [1.82, 2.24) is 0 Å². The van der Waals surface area contributed by atoms with Gasteiger partial charge in [0, 0.05) is 0 Å². The van der Waals surface area contributed by atoms with Crippen molar-refractivity contribution in [3.8, 4) is 0 Å². The van der Waals surface area contributed by atoms with Gasteiger partial charge in [0.2, 0.25) is 0 Å². The van der Waals surface area contributed by atoms with Crippen molar-refractivity contribution in [2.24, 2.45) is 0 Å². The molecule has 0 spiro atoms. The molecule has 0 nitrogen and oxygen atoms in total. The Morgan fingerprint density at radius 1 is 0.667 bits per heavy atom. The molecule has 0 aliphatic carbocycles. The SMILES string of the molecule is CCCCCCCC/C=C\CCCCCCCCc1ccccc1[C](C)C. The lowest BCUT2D eigenvalue weighted by atomic mass is 9.94. The number of aryl methyl sites for hydroxylation is 1. The van der Waals surface area contributed by atoms with E-state index in [9.17, 15) is 0 Å². The van der Waals surface area contributed by atoms with Gasteiger partial charge in [-0.1, -0.05) is 115 Å². The lowest BCUT2D eigenvalue weighted by Crippen LogP contribution is -1.97. The van der Waals surface area contributed by atoms with Gasteiger partial charge in [0.05, 0.1) is 0 Å². The van der Waals surface area contributed by atoms with Crippen LogP contribution in [0.4, 0.5) is 0 Å². The molecule has 1 aromatic rings. The second-order valence-corrected chi connectivity index (χ2v) is 8.34. The average Bonchev–Trinajstić information content (AvgIpc) is 2.68. The summed E-state index contributed by atoms with van der Waals surface area (Å²) in [5.74, 6) is 1.44. The van der Waals surface area contributed by atoms with E-state index in [1.807, 2.05) is 0 Å². The zero-order chi connectivity index (χ0) is 19.6. The number of hydrogen-bond acceptors (Lipinski definition) is 0. The molecule has 0 bridgehead atoms. The number of hydrogen-bond donors (Lipinski definition) is 0. The molecule has 0 aromatic heterocycles. The van der Waals surface area contributed by atoms with Crippen molar-refractivity contribution in [1.29, 1.82) is 0 Å². The first kappa shape index (κ1) is 24.0. The van der Waals surface area contributed by atoms with E-state index in [1.165, 1.54) is 113 Å². The first-order valence-corrected chi connectivity index (χ1v) is 11.8. The highest BCUT2D eigenvalue weighted by molar-refractivity contribution is 5.36. The van der Waals surface area contributed by atoms with Crippen LogP contribution < -0.4 is 0 Å². The Balaban J connectivity index is 1.90. The molecule has 0 amide bonds. The van der Waals surface area contributed by atoms with E-state index in [4.69, 9.17) is 0 Å². The Morgan fingerprint density at radius 2 is 1.19 bits per heavy atom. The minimum absolute atomic E-state index is 1.24. The van der Waals surface area contributed by atoms with Gasteiger partial charge in [0.1, 0.15) is 0 Å². The molecule has 0 saturated carbocycles. The smallest absolute Gasteiger partial charge is 0.000922 e. The summed E-state index contributed by atoms with van der Waals surface area (Å²) in [6.45, 7) is 6.73. The van der Waals surface area contributed by atoms with Crippen LogP contribution in [0.1, 0.15) is 122 Å². The quantitative estimate of drug-likeness (QED) is 0.189. The lowest BCUT2D eigenvalue weighted by molar-refractivity contribution is 0.595. The van der Waals surface area contributed by atoms with Crippen molar-refractivity contribution >= 4 is 0 Å². The van der Waals surface area contributed by atoms with Crippen molar-refractivity contribution in [3.05, 3.63) is 53.5 Å². The molecular weight excluding hydrogens is 324 g/mol. The summed E-state index contributed by atoms with van der Waals surface area (Å²) in [6.07, 6.45) is 25.4. The fraction of sp³-hybridized carbons (Fsp3) is 0.667. The zero-order valence-electron chi connectivity index (χ0n) is 18.6. The van der Waals surface area contributed by atoms with E-state index in [1.54, 1.807) is 0 Å². The Morgan fingerprint density at radius 3 is 1.78 bits per heavy atom. The third kappa shape index (κ3) is 12.9. The van der Waals surface area contributed by atoms with E-state index < -0.39 is 0 Å². The maximum absolute atomic E-state index is 2.42. The molecule has 27 heavy (non-hydrogen) atoms. The molecule has 0 heterocycles. The van der Waals surface area contributed by atoms with E-state index >= 15 is 0 Å². The van der Waals surface area contributed by atoms with E-state index in [0.717, 1.165) is 0 Å². The van der Waals surface area contributed by atoms with E-state index in [0.29, 0.717) is 0 Å². The number of allylic oxidation sites excluding steroid dienone is 2. The van der Waals surface area contributed by atoms with Gasteiger partial charge < -0.3 is 0 Å². The van der Waals surface area contributed by atoms with Gasteiger partial charge in [0.25, 0.3) is 0 Å². The molecule has 0 heteroatoms. The van der Waals surface area contributed by atoms with Crippen LogP contribution in [0.25, 0.3) is 0 Å². The van der Waals surface area contributed by atoms with Crippen LogP contribution >= 0.6 is 0 Å². The van der Waals surface area contributed by atoms with Crippen LogP contribution in [0.5, 0.6) is 0 Å². The van der Waals surface area contributed by atoms with Crippen LogP contribution in [0.2, 0.25) is 0 Å². The van der Waals surface area contributed by atoms with Crippen LogP contribution in [0.3, 0.4) is 0 Å². The molecule has 0 atom stereocenters. The molecule has 0 saturated heterocycles. The molecular formula is C27H45. The maximum Gasteiger partial charge on any atom is -0.000922 e. The van der Waals surface area contributed by atoms with Crippen molar-refractivity contribution < 1.29 is 0 Å². The summed E-state index contributed by atoms with van der Waals surface area (Å²) in [6, 6.07) is 8.92. The van der Waals surface area contributed by atoms with Gasteiger partial charge in [-0.2, -0.15) is 0 Å². The Kier molecular flexibility index (Phi) is 15.2. The Labute approximate surface area is 170 Å². The summed E-state index contributed by atoms with van der Waals surface area (Å²) >= 11 is 0. The largest absolute Gasteiger partial charge is 0.0885 e. The normalized spacial score (nSPS) is 11.7. The molecule has 0 aliphatic rings. The zero-order valence-corrected chi connectivity index (χ0v) is 18.6. The van der Waals surface area contributed by atoms with Crippen molar-refractivity contribution in [3.63, 3.8) is 0 Å². The van der Waals surface area contributed by atoms with Crippen molar-refractivity contribution in [2.45, 2.75) is 117 Å². The third-order valence-corrected chi connectivity index (χ3v) is 5.51. The fourth-order valence-electron chi connectivity index (χ4n) is 3.79. The molecule has 0 N–H and O–H groups in total.